The summed E-state index contributed by atoms with van der Waals surface area (Å²) in [5, 5.41) is 3.21. The zero-order chi connectivity index (χ0) is 21.9. The number of ether oxygens (including phenoxy) is 1. The molecule has 2 heterocycles. The molecule has 0 saturated carbocycles. The summed E-state index contributed by atoms with van der Waals surface area (Å²) < 4.78 is 12.6. The van der Waals surface area contributed by atoms with E-state index in [0.29, 0.717) is 11.6 Å². The predicted molar refractivity (Wildman–Crippen MR) is 121 cm³/mol. The number of esters is 1. The molecule has 1 N–H and O–H groups in total. The number of para-hydroxylation sites is 2. The van der Waals surface area contributed by atoms with Gasteiger partial charge in [-0.2, -0.15) is 4.98 Å². The number of methoxy groups -OCH3 is 1. The van der Waals surface area contributed by atoms with Crippen LogP contribution >= 0.6 is 0 Å². The average Bonchev–Trinajstić information content (AvgIpc) is 3.50. The minimum Gasteiger partial charge on any atom is -0.465 e. The number of nitrogens with one attached hydrogen (secondary N) is 1. The fraction of sp³-hybridized carbons (Fsp3) is 0.0800. The van der Waals surface area contributed by atoms with Crippen molar-refractivity contribution in [2.45, 2.75) is 6.04 Å². The second kappa shape index (κ2) is 8.39. The zero-order valence-corrected chi connectivity index (χ0v) is 17.3. The van der Waals surface area contributed by atoms with Crippen LogP contribution in [0.5, 0.6) is 0 Å². The number of fused-ring (bicyclic) bond motifs is 1. The summed E-state index contributed by atoms with van der Waals surface area (Å²) in [6.07, 6.45) is 5.45. The maximum absolute atomic E-state index is 11.8. The number of benzene rings is 3. The summed E-state index contributed by atoms with van der Waals surface area (Å²) in [4.78, 5) is 20.4. The topological polar surface area (TPSA) is 82.2 Å². The lowest BCUT2D eigenvalue weighted by Gasteiger charge is -2.20. The van der Waals surface area contributed by atoms with Gasteiger partial charge in [-0.3, -0.25) is 0 Å². The number of anilines is 2. The highest BCUT2D eigenvalue weighted by Crippen LogP contribution is 2.29. The Balaban J connectivity index is 1.42. The van der Waals surface area contributed by atoms with Crippen LogP contribution in [0.3, 0.4) is 0 Å². The fourth-order valence-electron chi connectivity index (χ4n) is 3.68. The molecule has 0 aliphatic carbocycles. The van der Waals surface area contributed by atoms with Crippen LogP contribution in [-0.2, 0) is 4.74 Å². The van der Waals surface area contributed by atoms with E-state index in [1.807, 2.05) is 71.4 Å². The van der Waals surface area contributed by atoms with Gasteiger partial charge in [0.2, 0.25) is 0 Å². The molecule has 3 aromatic carbocycles. The average molecular weight is 424 g/mol. The molecule has 0 aliphatic rings. The monoisotopic (exact) mass is 424 g/mol. The number of carbonyl (C=O) groups excluding carboxylic acids is 1. The molecule has 5 rings (SSSR count). The van der Waals surface area contributed by atoms with Crippen LogP contribution in [0.4, 0.5) is 11.7 Å². The molecule has 0 bridgehead atoms. The summed E-state index contributed by atoms with van der Waals surface area (Å²) in [6, 6.07) is 23.5. The van der Waals surface area contributed by atoms with Crippen LogP contribution in [0.1, 0.15) is 27.5 Å². The van der Waals surface area contributed by atoms with Crippen LogP contribution in [0.15, 0.2) is 95.9 Å². The van der Waals surface area contributed by atoms with Crippen LogP contribution in [0.2, 0.25) is 0 Å². The normalized spacial score (nSPS) is 11.9. The maximum atomic E-state index is 11.8. The van der Waals surface area contributed by atoms with Gasteiger partial charge in [-0.15, -0.1) is 0 Å². The maximum Gasteiger partial charge on any atom is 0.337 e. The number of hydrogen-bond acceptors (Lipinski definition) is 6. The van der Waals surface area contributed by atoms with Gasteiger partial charge >= 0.3 is 5.97 Å². The first kappa shape index (κ1) is 19.6. The second-order valence-electron chi connectivity index (χ2n) is 7.26. The Morgan fingerprint density at radius 2 is 1.72 bits per heavy atom. The molecule has 32 heavy (non-hydrogen) atoms. The van der Waals surface area contributed by atoms with Gasteiger partial charge in [0, 0.05) is 18.1 Å². The van der Waals surface area contributed by atoms with E-state index in [1.54, 1.807) is 24.7 Å². The van der Waals surface area contributed by atoms with Crippen molar-refractivity contribution in [1.82, 2.24) is 14.5 Å². The van der Waals surface area contributed by atoms with Crippen molar-refractivity contribution >= 4 is 28.8 Å². The Morgan fingerprint density at radius 1 is 1.00 bits per heavy atom. The van der Waals surface area contributed by atoms with Crippen LogP contribution in [0.25, 0.3) is 11.1 Å². The zero-order valence-electron chi connectivity index (χ0n) is 17.3. The summed E-state index contributed by atoms with van der Waals surface area (Å²) >= 11 is 0. The van der Waals surface area contributed by atoms with Gasteiger partial charge in [-0.05, 0) is 47.5 Å². The molecule has 0 fully saturated rings. The number of aromatic nitrogens is 3. The van der Waals surface area contributed by atoms with E-state index in [1.165, 1.54) is 7.11 Å². The molecule has 158 valence electrons. The molecule has 1 atom stereocenters. The number of imidazole rings is 1. The van der Waals surface area contributed by atoms with E-state index in [0.717, 1.165) is 27.9 Å². The molecule has 1 unspecified atom stereocenters. The van der Waals surface area contributed by atoms with Gasteiger partial charge in [0.1, 0.15) is 5.52 Å². The van der Waals surface area contributed by atoms with Gasteiger partial charge in [-0.1, -0.05) is 36.4 Å². The standard InChI is InChI=1S/C25H20N4O3/c1-31-24(30)19-8-6-17(7-9-19)23(29-15-14-26-16-29)18-10-12-20(13-11-18)27-25-28-21-4-2-3-5-22(21)32-25/h2-16,23H,1H3,(H,27,28). The Labute approximate surface area is 184 Å². The second-order valence-corrected chi connectivity index (χ2v) is 7.26. The number of carbonyl (C=O) groups is 1. The number of rotatable bonds is 6. The van der Waals surface area contributed by atoms with Crippen LogP contribution < -0.4 is 5.32 Å². The highest BCUT2D eigenvalue weighted by atomic mass is 16.5. The Kier molecular flexibility index (Phi) is 5.13. The predicted octanol–water partition coefficient (Wildman–Crippen LogP) is 5.19. The van der Waals surface area contributed by atoms with Crippen LogP contribution in [0, 0.1) is 0 Å². The molecule has 2 aromatic heterocycles. The van der Waals surface area contributed by atoms with Crippen molar-refractivity contribution in [1.29, 1.82) is 0 Å². The highest BCUT2D eigenvalue weighted by molar-refractivity contribution is 5.89. The Hall–Kier alpha value is -4.39. The van der Waals surface area contributed by atoms with Crippen molar-refractivity contribution in [2.24, 2.45) is 0 Å². The third-order valence-electron chi connectivity index (χ3n) is 5.24. The molecular formula is C25H20N4O3. The van der Waals surface area contributed by atoms with E-state index in [-0.39, 0.29) is 12.0 Å². The van der Waals surface area contributed by atoms with Crippen molar-refractivity contribution in [3.63, 3.8) is 0 Å². The molecule has 7 nitrogen and oxygen atoms in total. The van der Waals surface area contributed by atoms with E-state index in [4.69, 9.17) is 9.15 Å². The van der Waals surface area contributed by atoms with Crippen molar-refractivity contribution in [3.8, 4) is 0 Å². The Morgan fingerprint density at radius 3 is 2.38 bits per heavy atom. The first-order chi connectivity index (χ1) is 15.7. The van der Waals surface area contributed by atoms with Gasteiger partial charge < -0.3 is 19.0 Å². The number of nitrogens with zero attached hydrogens (tertiary/aromatic N) is 3. The summed E-state index contributed by atoms with van der Waals surface area (Å²) in [5.74, 6) is -0.356. The lowest BCUT2D eigenvalue weighted by atomic mass is 9.97. The SMILES string of the molecule is COC(=O)c1ccc(C(c2ccc(Nc3nc4ccccc4o3)cc2)n2ccnc2)cc1. The highest BCUT2D eigenvalue weighted by Gasteiger charge is 2.17. The smallest absolute Gasteiger partial charge is 0.337 e. The third kappa shape index (κ3) is 3.83. The number of oxazole rings is 1. The molecule has 0 saturated heterocycles. The van der Waals surface area contributed by atoms with Gasteiger partial charge in [0.15, 0.2) is 5.58 Å². The fourth-order valence-corrected chi connectivity index (χ4v) is 3.68. The van der Waals surface area contributed by atoms with Crippen LogP contribution in [-0.4, -0.2) is 27.6 Å². The summed E-state index contributed by atoms with van der Waals surface area (Å²) in [6.45, 7) is 0. The molecule has 0 radical (unpaired) electrons. The van der Waals surface area contributed by atoms with Crippen molar-refractivity contribution in [2.75, 3.05) is 12.4 Å². The molecule has 0 aliphatic heterocycles. The molecular weight excluding hydrogens is 404 g/mol. The van der Waals surface area contributed by atoms with Gasteiger partial charge in [0.05, 0.1) is 25.0 Å². The molecule has 7 heteroatoms. The van der Waals surface area contributed by atoms with Gasteiger partial charge in [0.25, 0.3) is 6.01 Å². The Bertz CT molecular complexity index is 1310. The minimum absolute atomic E-state index is 0.0948. The molecule has 0 amide bonds. The lowest BCUT2D eigenvalue weighted by Crippen LogP contribution is -2.11. The molecule has 0 spiro atoms. The minimum atomic E-state index is -0.356. The van der Waals surface area contributed by atoms with E-state index < -0.39 is 0 Å². The third-order valence-corrected chi connectivity index (χ3v) is 5.24. The van der Waals surface area contributed by atoms with E-state index in [9.17, 15) is 4.79 Å². The van der Waals surface area contributed by atoms with Crippen molar-refractivity contribution in [3.05, 3.63) is 108 Å². The lowest BCUT2D eigenvalue weighted by molar-refractivity contribution is 0.0600. The summed E-state index contributed by atoms with van der Waals surface area (Å²) in [5.41, 5.74) is 5.01. The summed E-state index contributed by atoms with van der Waals surface area (Å²) in [7, 11) is 1.38. The first-order valence-electron chi connectivity index (χ1n) is 10.1. The first-order valence-corrected chi connectivity index (χ1v) is 10.1. The van der Waals surface area contributed by atoms with E-state index >= 15 is 0 Å². The van der Waals surface area contributed by atoms with Crippen molar-refractivity contribution < 1.29 is 13.9 Å². The molecule has 5 aromatic rings. The largest absolute Gasteiger partial charge is 0.465 e. The number of hydrogen-bond donors (Lipinski definition) is 1. The van der Waals surface area contributed by atoms with Gasteiger partial charge in [-0.25, -0.2) is 9.78 Å². The van der Waals surface area contributed by atoms with E-state index in [2.05, 4.69) is 15.3 Å². The quantitative estimate of drug-likeness (QED) is 0.378.